The lowest BCUT2D eigenvalue weighted by molar-refractivity contribution is -0.127. The average molecular weight is 473 g/mol. The number of ether oxygens (including phenoxy) is 3. The summed E-state index contributed by atoms with van der Waals surface area (Å²) in [7, 11) is 4.57. The zero-order chi connectivity index (χ0) is 22.1. The van der Waals surface area contributed by atoms with Crippen molar-refractivity contribution in [3.05, 3.63) is 45.9 Å². The third kappa shape index (κ3) is 6.90. The second kappa shape index (κ2) is 11.8. The van der Waals surface area contributed by atoms with Gasteiger partial charge < -0.3 is 14.2 Å². The summed E-state index contributed by atoms with van der Waals surface area (Å²) in [4.78, 5) is 24.7. The molecule has 0 aliphatic heterocycles. The number of halogens is 2. The van der Waals surface area contributed by atoms with E-state index in [9.17, 15) is 9.59 Å². The number of carbonyl (C=O) groups is 2. The molecule has 0 aliphatic carbocycles. The van der Waals surface area contributed by atoms with Crippen molar-refractivity contribution in [2.75, 3.05) is 27.1 Å². The van der Waals surface area contributed by atoms with E-state index in [1.54, 1.807) is 30.3 Å². The summed E-state index contributed by atoms with van der Waals surface area (Å²) < 4.78 is 15.9. The quantitative estimate of drug-likeness (QED) is 0.425. The van der Waals surface area contributed by atoms with Gasteiger partial charge in [0.05, 0.1) is 32.1 Å². The molecule has 0 atom stereocenters. The van der Waals surface area contributed by atoms with Crippen LogP contribution in [0.2, 0.25) is 10.0 Å². The van der Waals surface area contributed by atoms with E-state index in [4.69, 9.17) is 37.4 Å². The Balaban J connectivity index is 1.82. The highest BCUT2D eigenvalue weighted by molar-refractivity contribution is 8.00. The van der Waals surface area contributed by atoms with E-state index >= 15 is 0 Å². The van der Waals surface area contributed by atoms with Gasteiger partial charge in [-0.25, -0.2) is 0 Å². The molecule has 0 aliphatic rings. The summed E-state index contributed by atoms with van der Waals surface area (Å²) in [6, 6.07) is 8.56. The number of hydrogen-bond donors (Lipinski definition) is 2. The minimum atomic E-state index is -0.364. The summed E-state index contributed by atoms with van der Waals surface area (Å²) in [5.74, 6) is 0.889. The van der Waals surface area contributed by atoms with Gasteiger partial charge in [0.25, 0.3) is 0 Å². The van der Waals surface area contributed by atoms with E-state index in [1.165, 1.54) is 33.1 Å². The van der Waals surface area contributed by atoms with Gasteiger partial charge in [0.2, 0.25) is 17.6 Å². The first kappa shape index (κ1) is 24.0. The van der Waals surface area contributed by atoms with E-state index in [2.05, 4.69) is 10.9 Å². The molecular weight excluding hydrogens is 451 g/mol. The third-order valence-corrected chi connectivity index (χ3v) is 5.69. The number of carbonyl (C=O) groups excluding carboxylic acids is 2. The molecule has 2 N–H and O–H groups in total. The van der Waals surface area contributed by atoms with E-state index in [1.807, 2.05) is 0 Å². The summed E-state index contributed by atoms with van der Waals surface area (Å²) >= 11 is 13.2. The van der Waals surface area contributed by atoms with Gasteiger partial charge in [0, 0.05) is 16.3 Å². The van der Waals surface area contributed by atoms with Gasteiger partial charge in [0.1, 0.15) is 0 Å². The Labute approximate surface area is 189 Å². The molecule has 2 aromatic carbocycles. The summed E-state index contributed by atoms with van der Waals surface area (Å²) in [6.07, 6.45) is 0.581. The molecule has 0 saturated carbocycles. The molecule has 0 aromatic heterocycles. The summed E-state index contributed by atoms with van der Waals surface area (Å²) in [6.45, 7) is 0. The van der Waals surface area contributed by atoms with Gasteiger partial charge in [-0.05, 0) is 42.3 Å². The SMILES string of the molecule is COc1cc(CCC(=O)NNC(=O)CSc2cc(Cl)ccc2Cl)cc(OC)c1OC. The van der Waals surface area contributed by atoms with Gasteiger partial charge >= 0.3 is 0 Å². The van der Waals surface area contributed by atoms with E-state index in [0.29, 0.717) is 38.6 Å². The van der Waals surface area contributed by atoms with Crippen molar-refractivity contribution in [2.24, 2.45) is 0 Å². The number of thioether (sulfide) groups is 1. The van der Waals surface area contributed by atoms with Crippen molar-refractivity contribution in [2.45, 2.75) is 17.7 Å². The monoisotopic (exact) mass is 472 g/mol. The number of rotatable bonds is 9. The molecule has 0 saturated heterocycles. The van der Waals surface area contributed by atoms with E-state index < -0.39 is 0 Å². The number of nitrogens with one attached hydrogen (secondary N) is 2. The van der Waals surface area contributed by atoms with Crippen molar-refractivity contribution in [1.29, 1.82) is 0 Å². The van der Waals surface area contributed by atoms with Crippen molar-refractivity contribution < 1.29 is 23.8 Å². The zero-order valence-electron chi connectivity index (χ0n) is 16.7. The fourth-order valence-electron chi connectivity index (χ4n) is 2.51. The van der Waals surface area contributed by atoms with E-state index in [-0.39, 0.29) is 24.0 Å². The van der Waals surface area contributed by atoms with Crippen LogP contribution in [0.25, 0.3) is 0 Å². The Hall–Kier alpha value is -2.29. The van der Waals surface area contributed by atoms with Crippen LogP contribution in [0.4, 0.5) is 0 Å². The first-order valence-electron chi connectivity index (χ1n) is 8.82. The Bertz CT molecular complexity index is 886. The van der Waals surface area contributed by atoms with Crippen LogP contribution in [0.5, 0.6) is 17.2 Å². The largest absolute Gasteiger partial charge is 0.493 e. The van der Waals surface area contributed by atoms with Crippen LogP contribution in [0.15, 0.2) is 35.2 Å². The first-order valence-corrected chi connectivity index (χ1v) is 10.6. The number of aryl methyl sites for hydroxylation is 1. The van der Waals surface area contributed by atoms with Crippen LogP contribution < -0.4 is 25.1 Å². The van der Waals surface area contributed by atoms with Gasteiger partial charge in [-0.1, -0.05) is 23.2 Å². The van der Waals surface area contributed by atoms with Gasteiger partial charge in [-0.15, -0.1) is 11.8 Å². The Morgan fingerprint density at radius 3 is 2.17 bits per heavy atom. The number of amides is 2. The highest BCUT2D eigenvalue weighted by atomic mass is 35.5. The Kier molecular flexibility index (Phi) is 9.42. The lowest BCUT2D eigenvalue weighted by Crippen LogP contribution is -2.42. The first-order chi connectivity index (χ1) is 14.4. The smallest absolute Gasteiger partial charge is 0.248 e. The Morgan fingerprint density at radius 2 is 1.57 bits per heavy atom. The number of methoxy groups -OCH3 is 3. The van der Waals surface area contributed by atoms with Gasteiger partial charge in [-0.3, -0.25) is 20.4 Å². The lowest BCUT2D eigenvalue weighted by Gasteiger charge is -2.14. The molecule has 7 nitrogen and oxygen atoms in total. The van der Waals surface area contributed by atoms with Crippen LogP contribution in [0.3, 0.4) is 0 Å². The third-order valence-electron chi connectivity index (χ3n) is 3.96. The molecule has 2 aromatic rings. The van der Waals surface area contributed by atoms with Crippen LogP contribution in [-0.4, -0.2) is 38.9 Å². The zero-order valence-corrected chi connectivity index (χ0v) is 19.0. The second-order valence-corrected chi connectivity index (χ2v) is 7.85. The fraction of sp³-hybridized carbons (Fsp3) is 0.300. The molecule has 0 heterocycles. The Morgan fingerprint density at radius 1 is 0.933 bits per heavy atom. The van der Waals surface area contributed by atoms with Gasteiger partial charge in [-0.2, -0.15) is 0 Å². The van der Waals surface area contributed by atoms with Crippen LogP contribution in [-0.2, 0) is 16.0 Å². The molecule has 30 heavy (non-hydrogen) atoms. The highest BCUT2D eigenvalue weighted by Crippen LogP contribution is 2.38. The predicted octanol–water partition coefficient (Wildman–Crippen LogP) is 3.89. The maximum atomic E-state index is 12.1. The highest BCUT2D eigenvalue weighted by Gasteiger charge is 2.14. The van der Waals surface area contributed by atoms with Crippen molar-refractivity contribution >= 4 is 46.8 Å². The molecule has 2 rings (SSSR count). The fourth-order valence-corrected chi connectivity index (χ4v) is 3.80. The minimum Gasteiger partial charge on any atom is -0.493 e. The van der Waals surface area contributed by atoms with Crippen molar-refractivity contribution in [1.82, 2.24) is 10.9 Å². The molecule has 162 valence electrons. The van der Waals surface area contributed by atoms with Crippen LogP contribution in [0, 0.1) is 0 Å². The summed E-state index contributed by atoms with van der Waals surface area (Å²) in [5, 5.41) is 1.04. The molecular formula is C20H22Cl2N2O5S. The maximum absolute atomic E-state index is 12.1. The predicted molar refractivity (Wildman–Crippen MR) is 118 cm³/mol. The molecule has 10 heteroatoms. The van der Waals surface area contributed by atoms with Gasteiger partial charge in [0.15, 0.2) is 11.5 Å². The van der Waals surface area contributed by atoms with Crippen LogP contribution >= 0.6 is 35.0 Å². The molecule has 2 amide bonds. The molecule has 0 bridgehead atoms. The van der Waals surface area contributed by atoms with Crippen molar-refractivity contribution in [3.63, 3.8) is 0 Å². The standard InChI is InChI=1S/C20H22Cl2N2O5S/c1-27-15-8-12(9-16(28-2)20(15)29-3)4-7-18(25)23-24-19(26)11-30-17-10-13(21)5-6-14(17)22/h5-6,8-10H,4,7,11H2,1-3H3,(H,23,25)(H,24,26). The minimum absolute atomic E-state index is 0.0766. The van der Waals surface area contributed by atoms with Crippen LogP contribution in [0.1, 0.15) is 12.0 Å². The lowest BCUT2D eigenvalue weighted by atomic mass is 10.1. The molecule has 0 fully saturated rings. The normalized spacial score (nSPS) is 10.3. The van der Waals surface area contributed by atoms with E-state index in [0.717, 1.165) is 5.56 Å². The summed E-state index contributed by atoms with van der Waals surface area (Å²) in [5.41, 5.74) is 5.61. The molecule has 0 spiro atoms. The molecule has 0 unspecified atom stereocenters. The number of hydrazine groups is 1. The average Bonchev–Trinajstić information content (AvgIpc) is 2.75. The topological polar surface area (TPSA) is 85.9 Å². The van der Waals surface area contributed by atoms with Crippen molar-refractivity contribution in [3.8, 4) is 17.2 Å². The second-order valence-electron chi connectivity index (χ2n) is 5.99. The maximum Gasteiger partial charge on any atom is 0.248 e. The number of hydrogen-bond acceptors (Lipinski definition) is 6. The number of benzene rings is 2. The molecule has 0 radical (unpaired) electrons.